The summed E-state index contributed by atoms with van der Waals surface area (Å²) in [5.41, 5.74) is 0.630. The zero-order valence-corrected chi connectivity index (χ0v) is 17.1. The van der Waals surface area contributed by atoms with Crippen LogP contribution in [0, 0.1) is 0 Å². The fourth-order valence-corrected chi connectivity index (χ4v) is 4.33. The number of halogens is 3. The Morgan fingerprint density at radius 3 is 2.63 bits per heavy atom. The largest absolute Gasteiger partial charge is 0.416 e. The van der Waals surface area contributed by atoms with Crippen LogP contribution in [0.3, 0.4) is 0 Å². The molecule has 0 saturated heterocycles. The van der Waals surface area contributed by atoms with Gasteiger partial charge in [0.25, 0.3) is 5.56 Å². The van der Waals surface area contributed by atoms with E-state index in [0.717, 1.165) is 18.6 Å². The van der Waals surface area contributed by atoms with Crippen molar-refractivity contribution in [1.29, 1.82) is 0 Å². The average Bonchev–Trinajstić information content (AvgIpc) is 3.04. The minimum absolute atomic E-state index is 0.222. The molecule has 156 valence electrons. The van der Waals surface area contributed by atoms with Gasteiger partial charge in [0.1, 0.15) is 5.82 Å². The van der Waals surface area contributed by atoms with E-state index in [1.54, 1.807) is 22.8 Å². The second-order valence-electron chi connectivity index (χ2n) is 6.98. The third-order valence-electron chi connectivity index (χ3n) is 4.79. The summed E-state index contributed by atoms with van der Waals surface area (Å²) in [6, 6.07) is 10.7. The van der Waals surface area contributed by atoms with E-state index in [0.29, 0.717) is 39.5 Å². The second kappa shape index (κ2) is 7.79. The van der Waals surface area contributed by atoms with E-state index >= 15 is 0 Å². The Labute approximate surface area is 174 Å². The van der Waals surface area contributed by atoms with Gasteiger partial charge in [-0.15, -0.1) is 0 Å². The molecule has 0 aliphatic heterocycles. The van der Waals surface area contributed by atoms with Crippen molar-refractivity contribution in [3.8, 4) is 0 Å². The predicted octanol–water partition coefficient (Wildman–Crippen LogP) is 5.55. The van der Waals surface area contributed by atoms with Gasteiger partial charge < -0.3 is 9.55 Å². The molecule has 0 bridgehead atoms. The van der Waals surface area contributed by atoms with Crippen LogP contribution >= 0.6 is 11.8 Å². The number of benzene rings is 2. The smallest absolute Gasteiger partial charge is 0.319 e. The Morgan fingerprint density at radius 2 is 1.90 bits per heavy atom. The van der Waals surface area contributed by atoms with E-state index in [1.807, 2.05) is 19.9 Å². The minimum Gasteiger partial charge on any atom is -0.319 e. The van der Waals surface area contributed by atoms with E-state index < -0.39 is 11.7 Å². The van der Waals surface area contributed by atoms with E-state index in [1.165, 1.54) is 17.8 Å². The van der Waals surface area contributed by atoms with Crippen LogP contribution in [0.25, 0.3) is 21.9 Å². The molecule has 0 radical (unpaired) electrons. The van der Waals surface area contributed by atoms with E-state index in [-0.39, 0.29) is 10.8 Å². The molecule has 2 aromatic carbocycles. The minimum atomic E-state index is -4.41. The highest BCUT2D eigenvalue weighted by Gasteiger charge is 2.31. The molecule has 9 heteroatoms. The number of aromatic amines is 1. The van der Waals surface area contributed by atoms with E-state index in [2.05, 4.69) is 15.0 Å². The number of fused-ring (bicyclic) bond motifs is 2. The third-order valence-corrected chi connectivity index (χ3v) is 5.89. The van der Waals surface area contributed by atoms with Crippen molar-refractivity contribution in [2.45, 2.75) is 43.4 Å². The summed E-state index contributed by atoms with van der Waals surface area (Å²) in [7, 11) is 0. The van der Waals surface area contributed by atoms with Gasteiger partial charge in [0.2, 0.25) is 0 Å². The fourth-order valence-electron chi connectivity index (χ4n) is 3.32. The number of nitrogens with zero attached hydrogens (tertiary/aromatic N) is 3. The molecule has 0 saturated carbocycles. The van der Waals surface area contributed by atoms with Gasteiger partial charge in [-0.1, -0.05) is 30.8 Å². The molecule has 0 unspecified atom stereocenters. The molecule has 30 heavy (non-hydrogen) atoms. The summed E-state index contributed by atoms with van der Waals surface area (Å²) in [4.78, 5) is 24.3. The Hall–Kier alpha value is -2.81. The lowest BCUT2D eigenvalue weighted by Crippen LogP contribution is -2.13. The molecule has 1 atom stereocenters. The quantitative estimate of drug-likeness (QED) is 0.420. The maximum absolute atomic E-state index is 13.2. The topological polar surface area (TPSA) is 63.6 Å². The highest BCUT2D eigenvalue weighted by Crippen LogP contribution is 2.37. The molecule has 0 spiro atoms. The maximum atomic E-state index is 13.2. The van der Waals surface area contributed by atoms with Gasteiger partial charge in [-0.3, -0.25) is 4.79 Å². The van der Waals surface area contributed by atoms with Crippen molar-refractivity contribution in [2.24, 2.45) is 0 Å². The molecule has 4 aromatic rings. The number of aryl methyl sites for hydroxylation is 1. The molecule has 1 N–H and O–H groups in total. The summed E-state index contributed by atoms with van der Waals surface area (Å²) in [5.74, 6) is 0.495. The number of aromatic nitrogens is 4. The molecule has 2 heterocycles. The first kappa shape index (κ1) is 20.5. The van der Waals surface area contributed by atoms with Crippen LogP contribution < -0.4 is 5.56 Å². The number of alkyl halides is 3. The van der Waals surface area contributed by atoms with Crippen molar-refractivity contribution >= 4 is 33.7 Å². The van der Waals surface area contributed by atoms with Gasteiger partial charge in [0.15, 0.2) is 5.16 Å². The highest BCUT2D eigenvalue weighted by atomic mass is 32.2. The Kier molecular flexibility index (Phi) is 5.31. The van der Waals surface area contributed by atoms with Crippen LogP contribution in [-0.4, -0.2) is 19.5 Å². The average molecular weight is 432 g/mol. The van der Waals surface area contributed by atoms with Crippen LogP contribution in [0.5, 0.6) is 0 Å². The number of thioether (sulfide) groups is 1. The zero-order chi connectivity index (χ0) is 21.5. The van der Waals surface area contributed by atoms with Crippen LogP contribution in [0.2, 0.25) is 0 Å². The molecule has 0 fully saturated rings. The molecule has 0 aliphatic carbocycles. The van der Waals surface area contributed by atoms with Gasteiger partial charge >= 0.3 is 6.18 Å². The summed E-state index contributed by atoms with van der Waals surface area (Å²) in [5, 5.41) is 0.850. The zero-order valence-electron chi connectivity index (χ0n) is 16.3. The Bertz CT molecular complexity index is 1280. The van der Waals surface area contributed by atoms with Crippen molar-refractivity contribution in [1.82, 2.24) is 19.5 Å². The van der Waals surface area contributed by atoms with Crippen LogP contribution in [-0.2, 0) is 12.7 Å². The Balaban J connectivity index is 1.74. The van der Waals surface area contributed by atoms with Crippen LogP contribution in [0.1, 0.15) is 36.9 Å². The summed E-state index contributed by atoms with van der Waals surface area (Å²) in [6.07, 6.45) is -3.67. The summed E-state index contributed by atoms with van der Waals surface area (Å²) in [6.45, 7) is 4.38. The summed E-state index contributed by atoms with van der Waals surface area (Å²) >= 11 is 1.36. The number of rotatable bonds is 5. The highest BCUT2D eigenvalue weighted by molar-refractivity contribution is 7.99. The molecular weight excluding hydrogens is 413 g/mol. The molecule has 0 aliphatic rings. The number of para-hydroxylation sites is 1. The predicted molar refractivity (Wildman–Crippen MR) is 112 cm³/mol. The molecule has 4 rings (SSSR count). The molecule has 5 nitrogen and oxygen atoms in total. The summed E-state index contributed by atoms with van der Waals surface area (Å²) < 4.78 is 41.3. The van der Waals surface area contributed by atoms with Gasteiger partial charge in [-0.25, -0.2) is 9.97 Å². The second-order valence-corrected chi connectivity index (χ2v) is 8.28. The lowest BCUT2D eigenvalue weighted by Gasteiger charge is -2.13. The van der Waals surface area contributed by atoms with Crippen molar-refractivity contribution in [3.63, 3.8) is 0 Å². The first-order valence-electron chi connectivity index (χ1n) is 9.51. The first-order valence-corrected chi connectivity index (χ1v) is 10.4. The number of imidazole rings is 1. The lowest BCUT2D eigenvalue weighted by molar-refractivity contribution is -0.137. The number of nitrogens with one attached hydrogen (secondary N) is 1. The third kappa shape index (κ3) is 3.81. The van der Waals surface area contributed by atoms with Crippen molar-refractivity contribution < 1.29 is 13.2 Å². The van der Waals surface area contributed by atoms with Crippen molar-refractivity contribution in [3.05, 3.63) is 64.2 Å². The fraction of sp³-hybridized carbons (Fsp3) is 0.286. The number of H-pyrrole nitrogens is 1. The van der Waals surface area contributed by atoms with Gasteiger partial charge in [0, 0.05) is 6.54 Å². The van der Waals surface area contributed by atoms with E-state index in [9.17, 15) is 18.0 Å². The standard InChI is InChI=1S/C21H19F3N4OS/c1-3-10-28-17-11-13(21(22,23)24)8-9-16(17)26-20(28)30-12(2)18-25-15-7-5-4-6-14(15)19(29)27-18/h4-9,11-12H,3,10H2,1-2H3,(H,25,27,29)/t12-/m0/s1. The molecular formula is C21H19F3N4OS. The monoisotopic (exact) mass is 432 g/mol. The first-order chi connectivity index (χ1) is 14.3. The SMILES string of the molecule is CCCn1c(S[C@@H](C)c2nc3ccccc3c(=O)[nH]2)nc2ccc(C(F)(F)F)cc21. The molecule has 0 amide bonds. The normalized spacial score (nSPS) is 13.2. The lowest BCUT2D eigenvalue weighted by atomic mass is 10.2. The molecule has 2 aromatic heterocycles. The van der Waals surface area contributed by atoms with Crippen molar-refractivity contribution in [2.75, 3.05) is 0 Å². The Morgan fingerprint density at radius 1 is 1.13 bits per heavy atom. The maximum Gasteiger partial charge on any atom is 0.416 e. The van der Waals surface area contributed by atoms with Gasteiger partial charge in [0.05, 0.1) is 32.7 Å². The number of hydrogen-bond donors (Lipinski definition) is 1. The van der Waals surface area contributed by atoms with Gasteiger partial charge in [-0.2, -0.15) is 13.2 Å². The number of hydrogen-bond acceptors (Lipinski definition) is 4. The van der Waals surface area contributed by atoms with Crippen LogP contribution in [0.4, 0.5) is 13.2 Å². The van der Waals surface area contributed by atoms with Gasteiger partial charge in [-0.05, 0) is 43.7 Å². The van der Waals surface area contributed by atoms with Crippen LogP contribution in [0.15, 0.2) is 52.4 Å². The van der Waals surface area contributed by atoms with E-state index in [4.69, 9.17) is 0 Å².